The molecule has 0 aromatic heterocycles. The van der Waals surface area contributed by atoms with Crippen LogP contribution < -0.4 is 11.5 Å². The third kappa shape index (κ3) is 16.7. The van der Waals surface area contributed by atoms with Crippen LogP contribution in [0, 0.1) is 20.2 Å². The van der Waals surface area contributed by atoms with Gasteiger partial charge in [0, 0.05) is 23.5 Å². The summed E-state index contributed by atoms with van der Waals surface area (Å²) in [6.45, 7) is 4.45. The van der Waals surface area contributed by atoms with Gasteiger partial charge < -0.3 is 11.5 Å². The first-order valence-electron chi connectivity index (χ1n) is 15.3. The van der Waals surface area contributed by atoms with E-state index in [2.05, 4.69) is 13.8 Å². The highest BCUT2D eigenvalue weighted by Crippen LogP contribution is 2.24. The number of nitro benzene ring substituents is 2. The molecule has 0 bridgehead atoms. The minimum absolute atomic E-state index is 0.205. The number of non-ortho nitro benzene ring substituents is 2. The van der Waals surface area contributed by atoms with Gasteiger partial charge in [-0.3, -0.25) is 20.2 Å². The monoisotopic (exact) mass is 556 g/mol. The second kappa shape index (κ2) is 21.6. The van der Waals surface area contributed by atoms with Gasteiger partial charge in [0.15, 0.2) is 0 Å². The summed E-state index contributed by atoms with van der Waals surface area (Å²) < 4.78 is 0. The standard InChI is InChI=1S/C16H24N2O4.C16H28N2/c1-2-3-4-5-6-7-8-9-10-14-11-15(17(19)20)13-16(12-14)18(21)22;1-2-3-4-5-6-7-8-9-10-14-11-15(17)13-16(18)12-14/h11-13H,2-10H2,1H3;11-13H,2-10,17-18H2,1H3. The first-order valence-corrected chi connectivity index (χ1v) is 15.3. The Morgan fingerprint density at radius 3 is 1.18 bits per heavy atom. The lowest BCUT2D eigenvalue weighted by atomic mass is 10.0. The van der Waals surface area contributed by atoms with Crippen LogP contribution in [0.3, 0.4) is 0 Å². The fraction of sp³-hybridized carbons (Fsp3) is 0.625. The zero-order valence-electron chi connectivity index (χ0n) is 24.9. The van der Waals surface area contributed by atoms with E-state index in [4.69, 9.17) is 11.5 Å². The summed E-state index contributed by atoms with van der Waals surface area (Å²) in [5.41, 5.74) is 14.7. The Kier molecular flexibility index (Phi) is 18.9. The molecule has 0 aliphatic rings. The maximum absolute atomic E-state index is 10.8. The van der Waals surface area contributed by atoms with Gasteiger partial charge in [-0.2, -0.15) is 0 Å². The number of nitrogens with two attached hydrogens (primary N) is 2. The molecule has 0 atom stereocenters. The van der Waals surface area contributed by atoms with E-state index in [1.165, 1.54) is 101 Å². The number of hydrogen-bond donors (Lipinski definition) is 2. The first kappa shape index (κ1) is 34.9. The summed E-state index contributed by atoms with van der Waals surface area (Å²) in [6, 6.07) is 9.78. The van der Waals surface area contributed by atoms with Gasteiger partial charge in [-0.25, -0.2) is 0 Å². The Morgan fingerprint density at radius 1 is 0.500 bits per heavy atom. The molecule has 0 fully saturated rings. The van der Waals surface area contributed by atoms with E-state index in [0.29, 0.717) is 12.0 Å². The number of benzene rings is 2. The van der Waals surface area contributed by atoms with Crippen LogP contribution in [0.15, 0.2) is 36.4 Å². The molecule has 0 heterocycles. The van der Waals surface area contributed by atoms with Crippen LogP contribution in [-0.4, -0.2) is 9.85 Å². The van der Waals surface area contributed by atoms with E-state index in [0.717, 1.165) is 43.1 Å². The quantitative estimate of drug-likeness (QED) is 0.0720. The molecule has 8 heteroatoms. The normalized spacial score (nSPS) is 10.7. The smallest absolute Gasteiger partial charge is 0.276 e. The summed E-state index contributed by atoms with van der Waals surface area (Å²) in [5, 5.41) is 21.6. The van der Waals surface area contributed by atoms with E-state index in [1.807, 2.05) is 18.2 Å². The van der Waals surface area contributed by atoms with Gasteiger partial charge in [0.25, 0.3) is 11.4 Å². The minimum Gasteiger partial charge on any atom is -0.399 e. The summed E-state index contributed by atoms with van der Waals surface area (Å²) >= 11 is 0. The van der Waals surface area contributed by atoms with E-state index in [-0.39, 0.29) is 11.4 Å². The maximum Gasteiger partial charge on any atom is 0.276 e. The largest absolute Gasteiger partial charge is 0.399 e. The lowest BCUT2D eigenvalue weighted by Gasteiger charge is -2.05. The molecule has 0 radical (unpaired) electrons. The molecule has 2 rings (SSSR count). The summed E-state index contributed by atoms with van der Waals surface area (Å²) in [7, 11) is 0. The van der Waals surface area contributed by atoms with Gasteiger partial charge >= 0.3 is 0 Å². The van der Waals surface area contributed by atoms with Gasteiger partial charge in [-0.15, -0.1) is 0 Å². The van der Waals surface area contributed by atoms with Crippen LogP contribution in [0.4, 0.5) is 22.7 Å². The molecule has 0 saturated carbocycles. The second-order valence-electron chi connectivity index (χ2n) is 10.8. The predicted octanol–water partition coefficient (Wildman–Crippen LogP) is 9.72. The molecule has 2 aromatic rings. The van der Waals surface area contributed by atoms with E-state index >= 15 is 0 Å². The summed E-state index contributed by atoms with van der Waals surface area (Å²) in [6.07, 6.45) is 22.0. The Labute approximate surface area is 241 Å². The molecule has 0 unspecified atom stereocenters. The first-order chi connectivity index (χ1) is 19.3. The molecule has 0 spiro atoms. The second-order valence-corrected chi connectivity index (χ2v) is 10.8. The van der Waals surface area contributed by atoms with Crippen LogP contribution in [0.25, 0.3) is 0 Å². The van der Waals surface area contributed by atoms with Gasteiger partial charge in [0.05, 0.1) is 15.9 Å². The zero-order valence-corrected chi connectivity index (χ0v) is 24.9. The lowest BCUT2D eigenvalue weighted by Crippen LogP contribution is -1.96. The van der Waals surface area contributed by atoms with Crippen molar-refractivity contribution in [1.82, 2.24) is 0 Å². The number of nitrogen functional groups attached to an aromatic ring is 2. The van der Waals surface area contributed by atoms with Crippen molar-refractivity contribution >= 4 is 22.7 Å². The van der Waals surface area contributed by atoms with Crippen molar-refractivity contribution in [2.24, 2.45) is 0 Å². The van der Waals surface area contributed by atoms with Crippen LogP contribution in [0.2, 0.25) is 0 Å². The lowest BCUT2D eigenvalue weighted by molar-refractivity contribution is -0.394. The molecule has 224 valence electrons. The van der Waals surface area contributed by atoms with Crippen molar-refractivity contribution in [3.63, 3.8) is 0 Å². The van der Waals surface area contributed by atoms with Gasteiger partial charge in [-0.05, 0) is 55.0 Å². The molecule has 4 N–H and O–H groups in total. The molecule has 0 amide bonds. The van der Waals surface area contributed by atoms with Crippen molar-refractivity contribution in [2.45, 2.75) is 129 Å². The third-order valence-corrected chi connectivity index (χ3v) is 7.06. The van der Waals surface area contributed by atoms with Gasteiger partial charge in [0.1, 0.15) is 0 Å². The fourth-order valence-electron chi connectivity index (χ4n) is 4.83. The SMILES string of the molecule is CCCCCCCCCCc1cc(N)cc(N)c1.CCCCCCCCCCc1cc([N+](=O)[O-])cc([N+](=O)[O-])c1. The van der Waals surface area contributed by atoms with E-state index in [1.54, 1.807) is 0 Å². The molecule has 40 heavy (non-hydrogen) atoms. The highest BCUT2D eigenvalue weighted by Gasteiger charge is 2.16. The zero-order chi connectivity index (χ0) is 29.6. The van der Waals surface area contributed by atoms with Crippen molar-refractivity contribution in [1.29, 1.82) is 0 Å². The molecular weight excluding hydrogens is 504 g/mol. The Hall–Kier alpha value is -3.16. The molecule has 8 nitrogen and oxygen atoms in total. The summed E-state index contributed by atoms with van der Waals surface area (Å²) in [4.78, 5) is 20.5. The van der Waals surface area contributed by atoms with Crippen molar-refractivity contribution in [2.75, 3.05) is 11.5 Å². The van der Waals surface area contributed by atoms with Crippen molar-refractivity contribution in [3.05, 3.63) is 67.8 Å². The Morgan fingerprint density at radius 2 is 0.825 bits per heavy atom. The van der Waals surface area contributed by atoms with Crippen molar-refractivity contribution in [3.8, 4) is 0 Å². The van der Waals surface area contributed by atoms with Gasteiger partial charge in [-0.1, -0.05) is 104 Å². The predicted molar refractivity (Wildman–Crippen MR) is 168 cm³/mol. The maximum atomic E-state index is 10.8. The third-order valence-electron chi connectivity index (χ3n) is 7.06. The molecule has 0 saturated heterocycles. The van der Waals surface area contributed by atoms with E-state index < -0.39 is 9.85 Å². The summed E-state index contributed by atoms with van der Waals surface area (Å²) in [5.74, 6) is 0. The van der Waals surface area contributed by atoms with Crippen LogP contribution >= 0.6 is 0 Å². The molecule has 0 aliphatic heterocycles. The van der Waals surface area contributed by atoms with Gasteiger partial charge in [0.2, 0.25) is 0 Å². The minimum atomic E-state index is -0.579. The topological polar surface area (TPSA) is 138 Å². The van der Waals surface area contributed by atoms with Crippen LogP contribution in [0.5, 0.6) is 0 Å². The fourth-order valence-corrected chi connectivity index (χ4v) is 4.83. The number of aryl methyl sites for hydroxylation is 2. The highest BCUT2D eigenvalue weighted by molar-refractivity contribution is 5.54. The van der Waals surface area contributed by atoms with Crippen molar-refractivity contribution < 1.29 is 9.85 Å². The average molecular weight is 557 g/mol. The average Bonchev–Trinajstić information content (AvgIpc) is 2.91. The molecule has 0 aliphatic carbocycles. The number of rotatable bonds is 20. The van der Waals surface area contributed by atoms with E-state index in [9.17, 15) is 20.2 Å². The molecular formula is C32H52N4O4. The van der Waals surface area contributed by atoms with Crippen LogP contribution in [0.1, 0.15) is 128 Å². The number of hydrogen-bond acceptors (Lipinski definition) is 6. The number of unbranched alkanes of at least 4 members (excludes halogenated alkanes) is 14. The van der Waals surface area contributed by atoms with Crippen LogP contribution in [-0.2, 0) is 12.8 Å². The highest BCUT2D eigenvalue weighted by atomic mass is 16.6. The Bertz CT molecular complexity index is 944. The number of anilines is 2. The molecule has 2 aromatic carbocycles. The number of nitro groups is 2. The number of nitrogens with zero attached hydrogens (tertiary/aromatic N) is 2. The Balaban J connectivity index is 0.000000408.